The Bertz CT molecular complexity index is 701. The van der Waals surface area contributed by atoms with Gasteiger partial charge in [0.25, 0.3) is 0 Å². The first kappa shape index (κ1) is 16.3. The van der Waals surface area contributed by atoms with Gasteiger partial charge < -0.3 is 20.3 Å². The van der Waals surface area contributed by atoms with E-state index in [4.69, 9.17) is 4.74 Å². The van der Waals surface area contributed by atoms with E-state index in [1.807, 2.05) is 24.4 Å². The molecule has 2 aliphatic heterocycles. The lowest BCUT2D eigenvalue weighted by Gasteiger charge is -2.26. The number of nitrogens with one attached hydrogen (secondary N) is 2. The summed E-state index contributed by atoms with van der Waals surface area (Å²) < 4.78 is 7.57. The first-order valence-corrected chi connectivity index (χ1v) is 9.18. The molecule has 0 amide bonds. The molecule has 1 fully saturated rings. The summed E-state index contributed by atoms with van der Waals surface area (Å²) in [5, 5.41) is 11.5. The number of anilines is 2. The monoisotopic (exact) mass is 341 g/mol. The average Bonchev–Trinajstić information content (AvgIpc) is 3.30. The van der Waals surface area contributed by atoms with Crippen molar-refractivity contribution < 1.29 is 4.74 Å². The van der Waals surface area contributed by atoms with Gasteiger partial charge in [0.1, 0.15) is 11.6 Å². The zero-order valence-electron chi connectivity index (χ0n) is 14.8. The van der Waals surface area contributed by atoms with Crippen molar-refractivity contribution in [2.75, 3.05) is 50.1 Å². The minimum absolute atomic E-state index is 0.596. The molecule has 0 bridgehead atoms. The topological polar surface area (TPSA) is 54.4 Å². The number of benzene rings is 1. The molecule has 6 nitrogen and oxygen atoms in total. The highest BCUT2D eigenvalue weighted by atomic mass is 16.5. The number of fused-ring (bicyclic) bond motifs is 1. The molecule has 1 aromatic heterocycles. The van der Waals surface area contributed by atoms with Crippen LogP contribution >= 0.6 is 0 Å². The van der Waals surface area contributed by atoms with Crippen molar-refractivity contribution in [3.8, 4) is 5.75 Å². The van der Waals surface area contributed by atoms with Crippen molar-refractivity contribution in [1.29, 1.82) is 0 Å². The van der Waals surface area contributed by atoms with Crippen LogP contribution in [0.2, 0.25) is 0 Å². The Morgan fingerprint density at radius 3 is 3.00 bits per heavy atom. The molecule has 2 N–H and O–H groups in total. The predicted octanol–water partition coefficient (Wildman–Crippen LogP) is 2.05. The van der Waals surface area contributed by atoms with Crippen molar-refractivity contribution in [2.24, 2.45) is 11.8 Å². The maximum atomic E-state index is 5.50. The average molecular weight is 341 g/mol. The largest absolute Gasteiger partial charge is 0.495 e. The predicted molar refractivity (Wildman–Crippen MR) is 100 cm³/mol. The Labute approximate surface area is 149 Å². The molecule has 1 aromatic carbocycles. The number of hydrogen-bond acceptors (Lipinski definition) is 5. The third-order valence-corrected chi connectivity index (χ3v) is 5.30. The van der Waals surface area contributed by atoms with Crippen molar-refractivity contribution in [1.82, 2.24) is 15.1 Å². The van der Waals surface area contributed by atoms with E-state index in [0.29, 0.717) is 11.8 Å². The minimum atomic E-state index is 0.596. The molecule has 0 unspecified atom stereocenters. The zero-order valence-corrected chi connectivity index (χ0v) is 14.8. The summed E-state index contributed by atoms with van der Waals surface area (Å²) in [7, 11) is 1.75. The van der Waals surface area contributed by atoms with E-state index in [1.54, 1.807) is 7.11 Å². The van der Waals surface area contributed by atoms with Crippen LogP contribution in [0.3, 0.4) is 0 Å². The highest BCUT2D eigenvalue weighted by Crippen LogP contribution is 2.31. The number of para-hydroxylation sites is 2. The van der Waals surface area contributed by atoms with Gasteiger partial charge in [-0.15, -0.1) is 0 Å². The maximum Gasteiger partial charge on any atom is 0.142 e. The Kier molecular flexibility index (Phi) is 4.78. The number of aromatic nitrogens is 2. The summed E-state index contributed by atoms with van der Waals surface area (Å²) >= 11 is 0. The van der Waals surface area contributed by atoms with Gasteiger partial charge in [0.05, 0.1) is 19.0 Å². The lowest BCUT2D eigenvalue weighted by atomic mass is 10.1. The molecule has 0 saturated carbocycles. The fraction of sp³-hybridized carbons (Fsp3) is 0.526. The molecule has 2 atom stereocenters. The third-order valence-electron chi connectivity index (χ3n) is 5.30. The van der Waals surface area contributed by atoms with Crippen molar-refractivity contribution >= 4 is 11.5 Å². The Hall–Kier alpha value is -2.21. The third kappa shape index (κ3) is 3.58. The van der Waals surface area contributed by atoms with E-state index < -0.39 is 0 Å². The standard InChI is InChI=1S/C19H27N5O/c1-25-18-5-3-2-4-17(18)23-9-7-15(13-23)10-20-11-16-12-21-19-6-8-22-24(19)14-16/h2-6,8,15-16,20-21H,7,9-14H2,1H3/t15-,16-/m0/s1. The first-order valence-electron chi connectivity index (χ1n) is 9.18. The molecule has 3 heterocycles. The van der Waals surface area contributed by atoms with Crippen LogP contribution in [0.4, 0.5) is 11.5 Å². The van der Waals surface area contributed by atoms with Crippen LogP contribution in [-0.4, -0.2) is 49.6 Å². The second-order valence-electron chi connectivity index (χ2n) is 7.08. The van der Waals surface area contributed by atoms with E-state index in [2.05, 4.69) is 37.4 Å². The summed E-state index contributed by atoms with van der Waals surface area (Å²) in [5.74, 6) is 3.40. The Balaban J connectivity index is 1.24. The van der Waals surface area contributed by atoms with Crippen LogP contribution < -0.4 is 20.3 Å². The van der Waals surface area contributed by atoms with Crippen LogP contribution in [0.15, 0.2) is 36.5 Å². The van der Waals surface area contributed by atoms with E-state index >= 15 is 0 Å². The van der Waals surface area contributed by atoms with Gasteiger partial charge >= 0.3 is 0 Å². The molecular weight excluding hydrogens is 314 g/mol. The van der Waals surface area contributed by atoms with Crippen LogP contribution in [0, 0.1) is 11.8 Å². The van der Waals surface area contributed by atoms with E-state index in [-0.39, 0.29) is 0 Å². The second-order valence-corrected chi connectivity index (χ2v) is 7.08. The summed E-state index contributed by atoms with van der Waals surface area (Å²) in [5.41, 5.74) is 1.22. The van der Waals surface area contributed by atoms with E-state index in [1.165, 1.54) is 12.1 Å². The molecule has 2 aliphatic rings. The van der Waals surface area contributed by atoms with E-state index in [0.717, 1.165) is 50.8 Å². The van der Waals surface area contributed by atoms with Gasteiger partial charge in [-0.2, -0.15) is 5.10 Å². The number of ether oxygens (including phenoxy) is 1. The maximum absolute atomic E-state index is 5.50. The summed E-state index contributed by atoms with van der Waals surface area (Å²) in [6.07, 6.45) is 3.10. The molecule has 1 saturated heterocycles. The molecule has 0 aliphatic carbocycles. The summed E-state index contributed by atoms with van der Waals surface area (Å²) in [6, 6.07) is 10.4. The molecule has 2 aromatic rings. The van der Waals surface area contributed by atoms with Gasteiger partial charge in [-0.05, 0) is 31.0 Å². The minimum Gasteiger partial charge on any atom is -0.495 e. The van der Waals surface area contributed by atoms with Gasteiger partial charge in [-0.25, -0.2) is 4.68 Å². The Morgan fingerprint density at radius 2 is 2.08 bits per heavy atom. The summed E-state index contributed by atoms with van der Waals surface area (Å²) in [6.45, 7) is 6.34. The molecule has 4 rings (SSSR count). The summed E-state index contributed by atoms with van der Waals surface area (Å²) in [4.78, 5) is 2.45. The lowest BCUT2D eigenvalue weighted by Crippen LogP contribution is -2.37. The van der Waals surface area contributed by atoms with Gasteiger partial charge in [0, 0.05) is 44.7 Å². The fourth-order valence-electron chi connectivity index (χ4n) is 3.92. The highest BCUT2D eigenvalue weighted by molar-refractivity contribution is 5.59. The van der Waals surface area contributed by atoms with Gasteiger partial charge in [-0.3, -0.25) is 0 Å². The SMILES string of the molecule is COc1ccccc1N1CC[C@@H](CNC[C@H]2CNc3ccnn3C2)C1. The quantitative estimate of drug-likeness (QED) is 0.842. The van der Waals surface area contributed by atoms with Crippen molar-refractivity contribution in [3.63, 3.8) is 0 Å². The van der Waals surface area contributed by atoms with Gasteiger partial charge in [-0.1, -0.05) is 12.1 Å². The normalized spacial score (nSPS) is 22.5. The van der Waals surface area contributed by atoms with Crippen LogP contribution in [0.5, 0.6) is 5.75 Å². The lowest BCUT2D eigenvalue weighted by molar-refractivity contribution is 0.378. The zero-order chi connectivity index (χ0) is 17.1. The second kappa shape index (κ2) is 7.35. The van der Waals surface area contributed by atoms with Crippen molar-refractivity contribution in [3.05, 3.63) is 36.5 Å². The van der Waals surface area contributed by atoms with Crippen LogP contribution in [0.1, 0.15) is 6.42 Å². The first-order chi connectivity index (χ1) is 12.3. The highest BCUT2D eigenvalue weighted by Gasteiger charge is 2.25. The molecular formula is C19H27N5O. The number of nitrogens with zero attached hydrogens (tertiary/aromatic N) is 3. The smallest absolute Gasteiger partial charge is 0.142 e. The molecule has 6 heteroatoms. The molecule has 0 radical (unpaired) electrons. The van der Waals surface area contributed by atoms with E-state index in [9.17, 15) is 0 Å². The van der Waals surface area contributed by atoms with Crippen LogP contribution in [-0.2, 0) is 6.54 Å². The molecule has 0 spiro atoms. The molecule has 25 heavy (non-hydrogen) atoms. The number of rotatable bonds is 6. The Morgan fingerprint density at radius 1 is 1.20 bits per heavy atom. The van der Waals surface area contributed by atoms with Gasteiger partial charge in [0.2, 0.25) is 0 Å². The van der Waals surface area contributed by atoms with Gasteiger partial charge in [0.15, 0.2) is 0 Å². The van der Waals surface area contributed by atoms with Crippen molar-refractivity contribution in [2.45, 2.75) is 13.0 Å². The van der Waals surface area contributed by atoms with Crippen LogP contribution in [0.25, 0.3) is 0 Å². The number of hydrogen-bond donors (Lipinski definition) is 2. The fourth-order valence-corrected chi connectivity index (χ4v) is 3.92. The molecule has 134 valence electrons. The number of methoxy groups -OCH3 is 1.